The quantitative estimate of drug-likeness (QED) is 0.927. The molecular formula is C15H28N4S. The highest BCUT2D eigenvalue weighted by Crippen LogP contribution is 2.36. The molecule has 0 radical (unpaired) electrons. The third kappa shape index (κ3) is 3.32. The Kier molecular flexibility index (Phi) is 4.72. The predicted octanol–water partition coefficient (Wildman–Crippen LogP) is 2.60. The van der Waals surface area contributed by atoms with Crippen molar-refractivity contribution in [3.8, 4) is 0 Å². The summed E-state index contributed by atoms with van der Waals surface area (Å²) in [6, 6.07) is 0. The van der Waals surface area contributed by atoms with Gasteiger partial charge in [-0.05, 0) is 26.3 Å². The first kappa shape index (κ1) is 15.7. The number of nitrogens with zero attached hydrogens (tertiary/aromatic N) is 3. The first-order valence-electron chi connectivity index (χ1n) is 7.60. The van der Waals surface area contributed by atoms with Gasteiger partial charge in [-0.1, -0.05) is 32.1 Å². The standard InChI is InChI=1S/C15H28N4S/c1-6-18-7-9-19(10-8-18)14-17-12(11(2)3)13(20-14)15(4,5)16/h11H,6-10,16H2,1-5H3. The smallest absolute Gasteiger partial charge is 0.185 e. The Balaban J connectivity index is 2.21. The molecule has 0 bridgehead atoms. The molecular weight excluding hydrogens is 268 g/mol. The molecule has 1 fully saturated rings. The fourth-order valence-electron chi connectivity index (χ4n) is 2.56. The van der Waals surface area contributed by atoms with Gasteiger partial charge in [0.15, 0.2) is 5.13 Å². The summed E-state index contributed by atoms with van der Waals surface area (Å²) in [4.78, 5) is 11.0. The molecule has 0 saturated carbocycles. The van der Waals surface area contributed by atoms with Crippen LogP contribution >= 0.6 is 11.3 Å². The highest BCUT2D eigenvalue weighted by atomic mass is 32.1. The highest BCUT2D eigenvalue weighted by molar-refractivity contribution is 7.15. The summed E-state index contributed by atoms with van der Waals surface area (Å²) in [5.41, 5.74) is 7.20. The fraction of sp³-hybridized carbons (Fsp3) is 0.800. The van der Waals surface area contributed by atoms with Crippen molar-refractivity contribution in [3.05, 3.63) is 10.6 Å². The third-order valence-corrected chi connectivity index (χ3v) is 5.34. The Morgan fingerprint density at radius 3 is 2.25 bits per heavy atom. The Hall–Kier alpha value is -0.650. The maximum absolute atomic E-state index is 6.33. The maximum atomic E-state index is 6.33. The van der Waals surface area contributed by atoms with Crippen molar-refractivity contribution in [1.29, 1.82) is 0 Å². The molecule has 0 aliphatic carbocycles. The van der Waals surface area contributed by atoms with Gasteiger partial charge >= 0.3 is 0 Å². The van der Waals surface area contributed by atoms with Gasteiger partial charge in [-0.3, -0.25) is 0 Å². The van der Waals surface area contributed by atoms with E-state index < -0.39 is 0 Å². The zero-order chi connectivity index (χ0) is 14.9. The number of piperazine rings is 1. The van der Waals surface area contributed by atoms with Crippen LogP contribution in [0.25, 0.3) is 0 Å². The minimum atomic E-state index is -0.305. The Morgan fingerprint density at radius 1 is 1.25 bits per heavy atom. The molecule has 1 aromatic rings. The number of anilines is 1. The van der Waals surface area contributed by atoms with E-state index in [1.165, 1.54) is 10.6 Å². The molecule has 20 heavy (non-hydrogen) atoms. The van der Waals surface area contributed by atoms with Gasteiger partial charge in [0.1, 0.15) is 0 Å². The fourth-order valence-corrected chi connectivity index (χ4v) is 3.85. The van der Waals surface area contributed by atoms with Crippen LogP contribution in [-0.2, 0) is 5.54 Å². The second-order valence-corrected chi connectivity index (χ2v) is 7.49. The number of aromatic nitrogens is 1. The zero-order valence-electron chi connectivity index (χ0n) is 13.4. The average Bonchev–Trinajstić information content (AvgIpc) is 2.84. The van der Waals surface area contributed by atoms with Crippen molar-refractivity contribution in [2.75, 3.05) is 37.6 Å². The van der Waals surface area contributed by atoms with E-state index in [1.54, 1.807) is 11.3 Å². The third-order valence-electron chi connectivity index (χ3n) is 3.86. The summed E-state index contributed by atoms with van der Waals surface area (Å²) in [5.74, 6) is 0.426. The van der Waals surface area contributed by atoms with Crippen LogP contribution in [0.1, 0.15) is 51.1 Å². The molecule has 0 atom stereocenters. The minimum Gasteiger partial charge on any atom is -0.346 e. The van der Waals surface area contributed by atoms with E-state index in [1.807, 2.05) is 0 Å². The Labute approximate surface area is 127 Å². The Bertz CT molecular complexity index is 439. The van der Waals surface area contributed by atoms with Crippen LogP contribution < -0.4 is 10.6 Å². The van der Waals surface area contributed by atoms with Crippen LogP contribution in [0, 0.1) is 0 Å². The lowest BCUT2D eigenvalue weighted by Gasteiger charge is -2.33. The predicted molar refractivity (Wildman–Crippen MR) is 87.7 cm³/mol. The normalized spacial score (nSPS) is 18.1. The van der Waals surface area contributed by atoms with Gasteiger partial charge in [0.2, 0.25) is 0 Å². The van der Waals surface area contributed by atoms with Crippen molar-refractivity contribution in [2.24, 2.45) is 5.73 Å². The summed E-state index contributed by atoms with van der Waals surface area (Å²) in [7, 11) is 0. The SMILES string of the molecule is CCN1CCN(c2nc(C(C)C)c(C(C)(C)N)s2)CC1. The van der Waals surface area contributed by atoms with Crippen LogP contribution in [0.15, 0.2) is 0 Å². The summed E-state index contributed by atoms with van der Waals surface area (Å²) in [6.07, 6.45) is 0. The molecule has 2 heterocycles. The van der Waals surface area contributed by atoms with Crippen LogP contribution in [-0.4, -0.2) is 42.6 Å². The molecule has 2 N–H and O–H groups in total. The van der Waals surface area contributed by atoms with Gasteiger partial charge in [0.05, 0.1) is 5.69 Å². The lowest BCUT2D eigenvalue weighted by molar-refractivity contribution is 0.271. The number of nitrogens with two attached hydrogens (primary N) is 1. The van der Waals surface area contributed by atoms with E-state index in [0.29, 0.717) is 5.92 Å². The number of thiazole rings is 1. The summed E-state index contributed by atoms with van der Waals surface area (Å²) in [6.45, 7) is 16.3. The molecule has 1 aromatic heterocycles. The van der Waals surface area contributed by atoms with Gasteiger partial charge in [-0.25, -0.2) is 4.98 Å². The summed E-state index contributed by atoms with van der Waals surface area (Å²) >= 11 is 1.78. The van der Waals surface area contributed by atoms with Crippen LogP contribution in [0.4, 0.5) is 5.13 Å². The van der Waals surface area contributed by atoms with Crippen LogP contribution in [0.3, 0.4) is 0 Å². The molecule has 0 unspecified atom stereocenters. The minimum absolute atomic E-state index is 0.305. The van der Waals surface area contributed by atoms with Gasteiger partial charge in [-0.15, -0.1) is 0 Å². The van der Waals surface area contributed by atoms with Crippen molar-refractivity contribution >= 4 is 16.5 Å². The first-order valence-corrected chi connectivity index (χ1v) is 8.42. The zero-order valence-corrected chi connectivity index (χ0v) is 14.3. The highest BCUT2D eigenvalue weighted by Gasteiger charge is 2.27. The lowest BCUT2D eigenvalue weighted by atomic mass is 9.98. The molecule has 0 amide bonds. The average molecular weight is 296 g/mol. The molecule has 0 aromatic carbocycles. The monoisotopic (exact) mass is 296 g/mol. The molecule has 1 aliphatic rings. The van der Waals surface area contributed by atoms with Gasteiger partial charge in [0.25, 0.3) is 0 Å². The molecule has 1 aliphatic heterocycles. The van der Waals surface area contributed by atoms with Crippen molar-refractivity contribution in [1.82, 2.24) is 9.88 Å². The van der Waals surface area contributed by atoms with Crippen molar-refractivity contribution in [3.63, 3.8) is 0 Å². The van der Waals surface area contributed by atoms with Crippen LogP contribution in [0.2, 0.25) is 0 Å². The molecule has 1 saturated heterocycles. The largest absolute Gasteiger partial charge is 0.346 e. The number of hydrogen-bond donors (Lipinski definition) is 1. The number of hydrogen-bond acceptors (Lipinski definition) is 5. The molecule has 4 nitrogen and oxygen atoms in total. The second kappa shape index (κ2) is 6.00. The molecule has 5 heteroatoms. The molecule has 2 rings (SSSR count). The van der Waals surface area contributed by atoms with Crippen LogP contribution in [0.5, 0.6) is 0 Å². The van der Waals surface area contributed by atoms with Crippen molar-refractivity contribution in [2.45, 2.75) is 46.1 Å². The van der Waals surface area contributed by atoms with E-state index in [0.717, 1.165) is 37.9 Å². The topological polar surface area (TPSA) is 45.4 Å². The second-order valence-electron chi connectivity index (χ2n) is 6.51. The number of rotatable bonds is 4. The van der Waals surface area contributed by atoms with E-state index in [-0.39, 0.29) is 5.54 Å². The number of likely N-dealkylation sites (N-methyl/N-ethyl adjacent to an activating group) is 1. The van der Waals surface area contributed by atoms with E-state index >= 15 is 0 Å². The maximum Gasteiger partial charge on any atom is 0.185 e. The first-order chi connectivity index (χ1) is 9.32. The summed E-state index contributed by atoms with van der Waals surface area (Å²) in [5, 5.41) is 1.15. The molecule has 0 spiro atoms. The van der Waals surface area contributed by atoms with Gasteiger partial charge in [0, 0.05) is 36.6 Å². The summed E-state index contributed by atoms with van der Waals surface area (Å²) < 4.78 is 0. The van der Waals surface area contributed by atoms with E-state index in [2.05, 4.69) is 44.4 Å². The van der Waals surface area contributed by atoms with E-state index in [4.69, 9.17) is 10.7 Å². The van der Waals surface area contributed by atoms with Gasteiger partial charge in [-0.2, -0.15) is 0 Å². The Morgan fingerprint density at radius 2 is 1.85 bits per heavy atom. The van der Waals surface area contributed by atoms with Gasteiger partial charge < -0.3 is 15.5 Å². The molecule has 114 valence electrons. The lowest BCUT2D eigenvalue weighted by Crippen LogP contribution is -2.46. The van der Waals surface area contributed by atoms with E-state index in [9.17, 15) is 0 Å². The van der Waals surface area contributed by atoms with Crippen molar-refractivity contribution < 1.29 is 0 Å².